The first-order valence-corrected chi connectivity index (χ1v) is 4.15. The highest BCUT2D eigenvalue weighted by Crippen LogP contribution is 2.22. The van der Waals surface area contributed by atoms with E-state index < -0.39 is 23.6 Å². The molecule has 6 heteroatoms. The van der Waals surface area contributed by atoms with Gasteiger partial charge < -0.3 is 5.32 Å². The van der Waals surface area contributed by atoms with Gasteiger partial charge in [-0.05, 0) is 12.1 Å². The fourth-order valence-corrected chi connectivity index (χ4v) is 1.32. The molecule has 1 aromatic rings. The van der Waals surface area contributed by atoms with Crippen molar-refractivity contribution in [3.8, 4) is 0 Å². The Hall–Kier alpha value is -1.98. The maximum absolute atomic E-state index is 13.2. The second kappa shape index (κ2) is 3.30. The molecule has 0 aliphatic carbocycles. The molecule has 0 atom stereocenters. The van der Waals surface area contributed by atoms with E-state index in [1.807, 2.05) is 0 Å². The summed E-state index contributed by atoms with van der Waals surface area (Å²) < 4.78 is 26.0. The van der Waals surface area contributed by atoms with Crippen LogP contribution in [0.1, 0.15) is 0 Å². The van der Waals surface area contributed by atoms with E-state index in [0.717, 1.165) is 18.2 Å². The topological polar surface area (TPSA) is 49.4 Å². The first kappa shape index (κ1) is 9.57. The molecule has 2 rings (SSSR count). The molecule has 0 unspecified atom stereocenters. The highest BCUT2D eigenvalue weighted by molar-refractivity contribution is 6.19. The van der Waals surface area contributed by atoms with Crippen LogP contribution in [0.5, 0.6) is 0 Å². The Morgan fingerprint density at radius 2 is 2.00 bits per heavy atom. The minimum absolute atomic E-state index is 0.200. The van der Waals surface area contributed by atoms with E-state index in [1.165, 1.54) is 0 Å². The van der Waals surface area contributed by atoms with Crippen LogP contribution in [0.15, 0.2) is 18.2 Å². The van der Waals surface area contributed by atoms with Crippen LogP contribution < -0.4 is 10.2 Å². The number of rotatable bonds is 1. The maximum Gasteiger partial charge on any atom is 0.329 e. The van der Waals surface area contributed by atoms with Gasteiger partial charge in [0.2, 0.25) is 0 Å². The lowest BCUT2D eigenvalue weighted by Crippen LogP contribution is -2.31. The Morgan fingerprint density at radius 1 is 1.27 bits per heavy atom. The van der Waals surface area contributed by atoms with E-state index in [9.17, 15) is 18.4 Å². The third-order valence-electron chi connectivity index (χ3n) is 1.99. The SMILES string of the molecule is O=C1CNC(=O)N1c1cc(F)ccc1F. The molecule has 1 fully saturated rings. The maximum atomic E-state index is 13.2. The van der Waals surface area contributed by atoms with Gasteiger partial charge in [-0.1, -0.05) is 0 Å². The largest absolute Gasteiger partial charge is 0.329 e. The Balaban J connectivity index is 2.48. The Bertz CT molecular complexity index is 432. The van der Waals surface area contributed by atoms with Gasteiger partial charge >= 0.3 is 6.03 Å². The number of benzene rings is 1. The lowest BCUT2D eigenvalue weighted by atomic mass is 10.2. The van der Waals surface area contributed by atoms with Crippen molar-refractivity contribution in [2.24, 2.45) is 0 Å². The van der Waals surface area contributed by atoms with Crippen LogP contribution in [0.3, 0.4) is 0 Å². The highest BCUT2D eigenvalue weighted by atomic mass is 19.1. The van der Waals surface area contributed by atoms with E-state index in [1.54, 1.807) is 0 Å². The van der Waals surface area contributed by atoms with Gasteiger partial charge in [0.15, 0.2) is 0 Å². The fourth-order valence-electron chi connectivity index (χ4n) is 1.32. The minimum atomic E-state index is -0.818. The number of hydrogen-bond acceptors (Lipinski definition) is 2. The second-order valence-corrected chi connectivity index (χ2v) is 2.98. The number of nitrogens with zero attached hydrogens (tertiary/aromatic N) is 1. The van der Waals surface area contributed by atoms with E-state index in [0.29, 0.717) is 4.90 Å². The molecule has 1 aliphatic rings. The van der Waals surface area contributed by atoms with Gasteiger partial charge in [-0.15, -0.1) is 0 Å². The van der Waals surface area contributed by atoms with Crippen molar-refractivity contribution in [2.45, 2.75) is 0 Å². The zero-order chi connectivity index (χ0) is 11.0. The molecule has 0 radical (unpaired) electrons. The summed E-state index contributed by atoms with van der Waals surface area (Å²) in [7, 11) is 0. The molecule has 1 heterocycles. The third kappa shape index (κ3) is 1.54. The second-order valence-electron chi connectivity index (χ2n) is 2.98. The smallest absolute Gasteiger partial charge is 0.328 e. The number of carbonyl (C=O) groups excluding carboxylic acids is 2. The highest BCUT2D eigenvalue weighted by Gasteiger charge is 2.32. The van der Waals surface area contributed by atoms with E-state index in [-0.39, 0.29) is 12.2 Å². The standard InChI is InChI=1S/C9H6F2N2O2/c10-5-1-2-6(11)7(3-5)13-8(14)4-12-9(13)15/h1-3H,4H2,(H,12,15). The van der Waals surface area contributed by atoms with Crippen LogP contribution in [-0.4, -0.2) is 18.5 Å². The van der Waals surface area contributed by atoms with Crippen LogP contribution in [0.2, 0.25) is 0 Å². The van der Waals surface area contributed by atoms with Crippen molar-refractivity contribution in [3.63, 3.8) is 0 Å². The molecule has 0 aromatic heterocycles. The molecule has 78 valence electrons. The van der Waals surface area contributed by atoms with Gasteiger partial charge in [-0.3, -0.25) is 4.79 Å². The summed E-state index contributed by atoms with van der Waals surface area (Å²) >= 11 is 0. The Labute approximate surface area is 83.5 Å². The zero-order valence-corrected chi connectivity index (χ0v) is 7.46. The normalized spacial score (nSPS) is 15.7. The average Bonchev–Trinajstić information content (AvgIpc) is 2.51. The molecule has 3 amide bonds. The Morgan fingerprint density at radius 3 is 2.60 bits per heavy atom. The van der Waals surface area contributed by atoms with Crippen molar-refractivity contribution in [3.05, 3.63) is 29.8 Å². The first-order chi connectivity index (χ1) is 7.09. The predicted molar refractivity (Wildman–Crippen MR) is 47.2 cm³/mol. The van der Waals surface area contributed by atoms with E-state index in [2.05, 4.69) is 5.32 Å². The molecular formula is C9H6F2N2O2. The van der Waals surface area contributed by atoms with Gasteiger partial charge in [0, 0.05) is 6.07 Å². The molecule has 15 heavy (non-hydrogen) atoms. The summed E-state index contributed by atoms with van der Waals surface area (Å²) in [5, 5.41) is 2.21. The first-order valence-electron chi connectivity index (χ1n) is 4.15. The molecule has 4 nitrogen and oxygen atoms in total. The number of carbonyl (C=O) groups is 2. The summed E-state index contributed by atoms with van der Waals surface area (Å²) in [5.41, 5.74) is -0.366. The number of halogens is 2. The van der Waals surface area contributed by atoms with Crippen molar-refractivity contribution in [2.75, 3.05) is 11.4 Å². The number of nitrogens with one attached hydrogen (secondary N) is 1. The van der Waals surface area contributed by atoms with Crippen molar-refractivity contribution in [1.82, 2.24) is 5.32 Å². The number of urea groups is 1. The molecule has 1 N–H and O–H groups in total. The van der Waals surface area contributed by atoms with E-state index in [4.69, 9.17) is 0 Å². The summed E-state index contributed by atoms with van der Waals surface area (Å²) in [6.45, 7) is -0.200. The van der Waals surface area contributed by atoms with Crippen molar-refractivity contribution >= 4 is 17.6 Å². The number of amides is 3. The van der Waals surface area contributed by atoms with Gasteiger partial charge in [-0.25, -0.2) is 18.5 Å². The number of imide groups is 1. The summed E-state index contributed by atoms with van der Waals surface area (Å²) in [5.74, 6) is -2.13. The van der Waals surface area contributed by atoms with Crippen LogP contribution in [0, 0.1) is 11.6 Å². The van der Waals surface area contributed by atoms with Gasteiger partial charge in [0.05, 0.1) is 12.2 Å². The number of anilines is 1. The van der Waals surface area contributed by atoms with E-state index >= 15 is 0 Å². The molecule has 1 saturated heterocycles. The van der Waals surface area contributed by atoms with Gasteiger partial charge in [0.1, 0.15) is 11.6 Å². The molecule has 0 bridgehead atoms. The van der Waals surface area contributed by atoms with Gasteiger partial charge in [0.25, 0.3) is 5.91 Å². The van der Waals surface area contributed by atoms with Crippen molar-refractivity contribution < 1.29 is 18.4 Å². The zero-order valence-electron chi connectivity index (χ0n) is 7.46. The predicted octanol–water partition coefficient (Wildman–Crippen LogP) is 1.02. The molecule has 0 spiro atoms. The molecule has 1 aromatic carbocycles. The third-order valence-corrected chi connectivity index (χ3v) is 1.99. The van der Waals surface area contributed by atoms with Crippen LogP contribution in [-0.2, 0) is 4.79 Å². The summed E-state index contributed by atoms with van der Waals surface area (Å²) in [6, 6.07) is 1.84. The molecule has 0 saturated carbocycles. The average molecular weight is 212 g/mol. The lowest BCUT2D eigenvalue weighted by molar-refractivity contribution is -0.115. The summed E-state index contributed by atoms with van der Waals surface area (Å²) in [4.78, 5) is 22.9. The quantitative estimate of drug-likeness (QED) is 0.706. The molecule has 1 aliphatic heterocycles. The molecular weight excluding hydrogens is 206 g/mol. The number of hydrogen-bond donors (Lipinski definition) is 1. The lowest BCUT2D eigenvalue weighted by Gasteiger charge is -2.12. The van der Waals surface area contributed by atoms with Crippen molar-refractivity contribution in [1.29, 1.82) is 0 Å². The Kier molecular flexibility index (Phi) is 2.11. The monoisotopic (exact) mass is 212 g/mol. The minimum Gasteiger partial charge on any atom is -0.328 e. The van der Waals surface area contributed by atoms with Crippen LogP contribution in [0.25, 0.3) is 0 Å². The fraction of sp³-hybridized carbons (Fsp3) is 0.111. The van der Waals surface area contributed by atoms with Crippen LogP contribution >= 0.6 is 0 Å². The van der Waals surface area contributed by atoms with Crippen LogP contribution in [0.4, 0.5) is 19.3 Å². The van der Waals surface area contributed by atoms with Gasteiger partial charge in [-0.2, -0.15) is 0 Å². The summed E-state index contributed by atoms with van der Waals surface area (Å²) in [6.07, 6.45) is 0.